The molecule has 0 bridgehead atoms. The molecule has 2 nitrogen and oxygen atoms in total. The molecule has 112 valence electrons. The van der Waals surface area contributed by atoms with Gasteiger partial charge in [0.15, 0.2) is 17.5 Å². The zero-order chi connectivity index (χ0) is 15.4. The Morgan fingerprint density at radius 1 is 1.05 bits per heavy atom. The molecule has 0 heterocycles. The van der Waals surface area contributed by atoms with Crippen molar-refractivity contribution in [3.8, 4) is 5.75 Å². The Kier molecular flexibility index (Phi) is 4.73. The number of rotatable bonds is 5. The van der Waals surface area contributed by atoms with Gasteiger partial charge in [0.1, 0.15) is 5.75 Å². The Labute approximate surface area is 121 Å². The lowest BCUT2D eigenvalue weighted by atomic mass is 10.0. The zero-order valence-corrected chi connectivity index (χ0v) is 11.8. The summed E-state index contributed by atoms with van der Waals surface area (Å²) in [5.41, 5.74) is 1.15. The molecule has 0 aliphatic carbocycles. The van der Waals surface area contributed by atoms with Gasteiger partial charge < -0.3 is 10.1 Å². The average molecular weight is 295 g/mol. The van der Waals surface area contributed by atoms with E-state index in [4.69, 9.17) is 4.74 Å². The Morgan fingerprint density at radius 3 is 2.10 bits per heavy atom. The van der Waals surface area contributed by atoms with Gasteiger partial charge >= 0.3 is 0 Å². The Bertz CT molecular complexity index is 590. The summed E-state index contributed by atoms with van der Waals surface area (Å²) in [5, 5.41) is 3.00. The lowest BCUT2D eigenvalue weighted by Crippen LogP contribution is -2.10. The van der Waals surface area contributed by atoms with Gasteiger partial charge in [-0.15, -0.1) is 0 Å². The fraction of sp³-hybridized carbons (Fsp3) is 0.250. The summed E-state index contributed by atoms with van der Waals surface area (Å²) in [7, 11) is 1.58. The van der Waals surface area contributed by atoms with Crippen LogP contribution in [0.2, 0.25) is 0 Å². The van der Waals surface area contributed by atoms with Gasteiger partial charge in [0.25, 0.3) is 0 Å². The van der Waals surface area contributed by atoms with Crippen LogP contribution in [0.1, 0.15) is 24.9 Å². The van der Waals surface area contributed by atoms with E-state index in [1.807, 2.05) is 31.2 Å². The number of hydrogen-bond acceptors (Lipinski definition) is 2. The van der Waals surface area contributed by atoms with Gasteiger partial charge in [-0.3, -0.25) is 0 Å². The first-order valence-electron chi connectivity index (χ1n) is 6.60. The van der Waals surface area contributed by atoms with Crippen molar-refractivity contribution in [1.29, 1.82) is 0 Å². The summed E-state index contributed by atoms with van der Waals surface area (Å²) < 4.78 is 44.5. The molecule has 0 radical (unpaired) electrons. The number of nitrogens with one attached hydrogen (secondary N) is 1. The second kappa shape index (κ2) is 6.52. The molecule has 0 aliphatic heterocycles. The number of hydrogen-bond donors (Lipinski definition) is 1. The molecule has 1 atom stereocenters. The van der Waals surface area contributed by atoms with Gasteiger partial charge in [-0.2, -0.15) is 0 Å². The second-order valence-corrected chi connectivity index (χ2v) is 4.63. The van der Waals surface area contributed by atoms with Crippen LogP contribution >= 0.6 is 0 Å². The van der Waals surface area contributed by atoms with E-state index in [9.17, 15) is 13.2 Å². The minimum Gasteiger partial charge on any atom is -0.497 e. The van der Waals surface area contributed by atoms with E-state index in [0.29, 0.717) is 6.42 Å². The van der Waals surface area contributed by atoms with Crippen LogP contribution < -0.4 is 10.1 Å². The zero-order valence-electron chi connectivity index (χ0n) is 11.8. The van der Waals surface area contributed by atoms with Gasteiger partial charge in [0, 0.05) is 17.8 Å². The summed E-state index contributed by atoms with van der Waals surface area (Å²) in [6.07, 6.45) is 0.701. The molecule has 0 spiro atoms. The van der Waals surface area contributed by atoms with Gasteiger partial charge in [-0.05, 0) is 24.1 Å². The van der Waals surface area contributed by atoms with Crippen LogP contribution in [0.3, 0.4) is 0 Å². The maximum Gasteiger partial charge on any atom is 0.194 e. The van der Waals surface area contributed by atoms with Gasteiger partial charge in [0.05, 0.1) is 13.2 Å². The summed E-state index contributed by atoms with van der Waals surface area (Å²) in [6, 6.07) is 9.12. The third kappa shape index (κ3) is 3.48. The third-order valence-corrected chi connectivity index (χ3v) is 3.25. The maximum absolute atomic E-state index is 13.2. The lowest BCUT2D eigenvalue weighted by molar-refractivity contribution is 0.414. The number of ether oxygens (including phenoxy) is 1. The van der Waals surface area contributed by atoms with Crippen molar-refractivity contribution in [3.63, 3.8) is 0 Å². The van der Waals surface area contributed by atoms with Crippen LogP contribution in [-0.2, 0) is 0 Å². The lowest BCUT2D eigenvalue weighted by Gasteiger charge is -2.19. The number of anilines is 1. The van der Waals surface area contributed by atoms with Crippen LogP contribution in [0, 0.1) is 17.5 Å². The molecular weight excluding hydrogens is 279 g/mol. The Hall–Kier alpha value is -2.17. The molecule has 0 aromatic heterocycles. The first-order valence-corrected chi connectivity index (χ1v) is 6.60. The summed E-state index contributed by atoms with van der Waals surface area (Å²) in [4.78, 5) is 0. The molecule has 0 saturated carbocycles. The average Bonchev–Trinajstić information content (AvgIpc) is 2.50. The highest BCUT2D eigenvalue weighted by atomic mass is 19.2. The van der Waals surface area contributed by atoms with Crippen LogP contribution in [0.5, 0.6) is 5.75 Å². The van der Waals surface area contributed by atoms with Crippen LogP contribution in [0.4, 0.5) is 18.9 Å². The van der Waals surface area contributed by atoms with E-state index < -0.39 is 17.5 Å². The monoisotopic (exact) mass is 295 g/mol. The highest BCUT2D eigenvalue weighted by molar-refractivity contribution is 5.47. The molecule has 2 aromatic carbocycles. The molecule has 2 aromatic rings. The number of methoxy groups -OCH3 is 1. The SMILES string of the molecule is CCC(Nc1cc(F)c(F)c(F)c1)c1ccc(OC)cc1. The first kappa shape index (κ1) is 15.2. The largest absolute Gasteiger partial charge is 0.497 e. The highest BCUT2D eigenvalue weighted by Gasteiger charge is 2.14. The second-order valence-electron chi connectivity index (χ2n) is 4.63. The van der Waals surface area contributed by atoms with E-state index >= 15 is 0 Å². The number of benzene rings is 2. The van der Waals surface area contributed by atoms with Gasteiger partial charge in [0.2, 0.25) is 0 Å². The van der Waals surface area contributed by atoms with E-state index in [-0.39, 0.29) is 11.7 Å². The fourth-order valence-corrected chi connectivity index (χ4v) is 2.10. The molecule has 0 saturated heterocycles. The van der Waals surface area contributed by atoms with Crippen molar-refractivity contribution >= 4 is 5.69 Å². The van der Waals surface area contributed by atoms with Crippen molar-refractivity contribution in [2.75, 3.05) is 12.4 Å². The summed E-state index contributed by atoms with van der Waals surface area (Å²) in [6.45, 7) is 1.94. The normalized spacial score (nSPS) is 12.0. The summed E-state index contributed by atoms with van der Waals surface area (Å²) >= 11 is 0. The molecule has 21 heavy (non-hydrogen) atoms. The Balaban J connectivity index is 2.22. The van der Waals surface area contributed by atoms with Crippen molar-refractivity contribution in [2.45, 2.75) is 19.4 Å². The minimum absolute atomic E-state index is 0.139. The maximum atomic E-state index is 13.2. The Morgan fingerprint density at radius 2 is 1.62 bits per heavy atom. The topological polar surface area (TPSA) is 21.3 Å². The number of halogens is 3. The quantitative estimate of drug-likeness (QED) is 0.809. The fourth-order valence-electron chi connectivity index (χ4n) is 2.10. The van der Waals surface area contributed by atoms with Crippen LogP contribution in [-0.4, -0.2) is 7.11 Å². The smallest absolute Gasteiger partial charge is 0.194 e. The van der Waals surface area contributed by atoms with Crippen molar-refractivity contribution in [2.24, 2.45) is 0 Å². The van der Waals surface area contributed by atoms with Gasteiger partial charge in [-0.1, -0.05) is 19.1 Å². The van der Waals surface area contributed by atoms with Crippen molar-refractivity contribution < 1.29 is 17.9 Å². The standard InChI is InChI=1S/C16H16F3NO/c1-3-15(10-4-6-12(21-2)7-5-10)20-11-8-13(17)16(19)14(18)9-11/h4-9,15,20H,3H2,1-2H3. The van der Waals surface area contributed by atoms with E-state index in [1.165, 1.54) is 0 Å². The molecular formula is C16H16F3NO. The predicted octanol–water partition coefficient (Wildman–Crippen LogP) is 4.68. The van der Waals surface area contributed by atoms with Crippen LogP contribution in [0.15, 0.2) is 36.4 Å². The van der Waals surface area contributed by atoms with Gasteiger partial charge in [-0.25, -0.2) is 13.2 Å². The van der Waals surface area contributed by atoms with E-state index in [0.717, 1.165) is 23.4 Å². The molecule has 0 fully saturated rings. The van der Waals surface area contributed by atoms with Crippen molar-refractivity contribution in [3.05, 3.63) is 59.4 Å². The van der Waals surface area contributed by atoms with E-state index in [1.54, 1.807) is 7.11 Å². The molecule has 1 N–H and O–H groups in total. The molecule has 1 unspecified atom stereocenters. The third-order valence-electron chi connectivity index (χ3n) is 3.25. The molecule has 2 rings (SSSR count). The molecule has 5 heteroatoms. The molecule has 0 amide bonds. The predicted molar refractivity (Wildman–Crippen MR) is 76.0 cm³/mol. The summed E-state index contributed by atoms with van der Waals surface area (Å²) in [5.74, 6) is -3.14. The van der Waals surface area contributed by atoms with E-state index in [2.05, 4.69) is 5.32 Å². The van der Waals surface area contributed by atoms with Crippen molar-refractivity contribution in [1.82, 2.24) is 0 Å². The highest BCUT2D eigenvalue weighted by Crippen LogP contribution is 2.26. The minimum atomic E-state index is -1.46. The molecule has 0 aliphatic rings. The first-order chi connectivity index (χ1) is 10.0. The van der Waals surface area contributed by atoms with Crippen LogP contribution in [0.25, 0.3) is 0 Å².